The molecular weight excluding hydrogens is 314 g/mol. The van der Waals surface area contributed by atoms with Crippen LogP contribution in [0.1, 0.15) is 38.4 Å². The minimum Gasteiger partial charge on any atom is -0.365 e. The third-order valence-electron chi connectivity index (χ3n) is 4.13. The topological polar surface area (TPSA) is 71.0 Å². The second-order valence-corrected chi connectivity index (χ2v) is 7.53. The summed E-state index contributed by atoms with van der Waals surface area (Å²) in [6.07, 6.45) is 6.50. The van der Waals surface area contributed by atoms with Crippen molar-refractivity contribution in [2.75, 3.05) is 18.5 Å². The van der Waals surface area contributed by atoms with Gasteiger partial charge in [0.1, 0.15) is 5.69 Å². The second kappa shape index (κ2) is 6.78. The van der Waals surface area contributed by atoms with Crippen molar-refractivity contribution in [3.8, 4) is 11.5 Å². The van der Waals surface area contributed by atoms with Gasteiger partial charge in [0, 0.05) is 36.4 Å². The number of nitrogens with zero attached hydrogens (tertiary/aromatic N) is 4. The monoisotopic (exact) mass is 339 g/mol. The minimum atomic E-state index is -0.235. The Kier molecular flexibility index (Phi) is 4.70. The molecule has 1 N–H and O–H groups in total. The minimum absolute atomic E-state index is 0.0103. The number of amides is 1. The Morgan fingerprint density at radius 2 is 1.96 bits per heavy atom. The van der Waals surface area contributed by atoms with Gasteiger partial charge in [-0.15, -0.1) is 0 Å². The SMILES string of the molecule is CN(CC(=O)NC(C)(C)C)c1cc(-c2ncccn2)nc2c1CCC2. The summed E-state index contributed by atoms with van der Waals surface area (Å²) >= 11 is 0. The number of aryl methyl sites for hydroxylation is 1. The Bertz CT molecular complexity index is 767. The molecule has 6 nitrogen and oxygen atoms in total. The number of nitrogens with one attached hydrogen (secondary N) is 1. The molecule has 0 atom stereocenters. The smallest absolute Gasteiger partial charge is 0.239 e. The van der Waals surface area contributed by atoms with Gasteiger partial charge < -0.3 is 10.2 Å². The van der Waals surface area contributed by atoms with Crippen molar-refractivity contribution in [3.05, 3.63) is 35.8 Å². The van der Waals surface area contributed by atoms with E-state index in [9.17, 15) is 4.79 Å². The second-order valence-electron chi connectivity index (χ2n) is 7.53. The van der Waals surface area contributed by atoms with Crippen LogP contribution in [-0.4, -0.2) is 40.0 Å². The molecule has 6 heteroatoms. The first-order valence-corrected chi connectivity index (χ1v) is 8.66. The van der Waals surface area contributed by atoms with Crippen molar-refractivity contribution < 1.29 is 4.79 Å². The largest absolute Gasteiger partial charge is 0.365 e. The zero-order valence-electron chi connectivity index (χ0n) is 15.3. The van der Waals surface area contributed by atoms with E-state index in [4.69, 9.17) is 4.98 Å². The van der Waals surface area contributed by atoms with Gasteiger partial charge in [0.05, 0.1) is 6.54 Å². The van der Waals surface area contributed by atoms with Crippen molar-refractivity contribution in [2.45, 2.75) is 45.6 Å². The molecular formula is C19H25N5O. The van der Waals surface area contributed by atoms with E-state index in [0.29, 0.717) is 12.4 Å². The van der Waals surface area contributed by atoms with E-state index < -0.39 is 0 Å². The number of hydrogen-bond donors (Lipinski definition) is 1. The van der Waals surface area contributed by atoms with Gasteiger partial charge in [0.25, 0.3) is 0 Å². The molecule has 1 amide bonds. The summed E-state index contributed by atoms with van der Waals surface area (Å²) in [5.41, 5.74) is 3.92. The Balaban J connectivity index is 1.90. The molecule has 132 valence electrons. The first kappa shape index (κ1) is 17.3. The molecule has 0 saturated carbocycles. The van der Waals surface area contributed by atoms with Gasteiger partial charge in [-0.05, 0) is 57.7 Å². The molecule has 0 spiro atoms. The maximum Gasteiger partial charge on any atom is 0.239 e. The molecule has 3 rings (SSSR count). The van der Waals surface area contributed by atoms with E-state index in [0.717, 1.165) is 36.3 Å². The van der Waals surface area contributed by atoms with Crippen molar-refractivity contribution in [2.24, 2.45) is 0 Å². The molecule has 0 bridgehead atoms. The van der Waals surface area contributed by atoms with Crippen LogP contribution < -0.4 is 10.2 Å². The Morgan fingerprint density at radius 1 is 1.24 bits per heavy atom. The standard InChI is InChI=1S/C19H25N5O/c1-19(2,3)23-17(25)12-24(4)16-11-15(18-20-9-6-10-21-18)22-14-8-5-7-13(14)16/h6,9-11H,5,7-8,12H2,1-4H3,(H,23,25). The van der Waals surface area contributed by atoms with Gasteiger partial charge in [0.15, 0.2) is 5.82 Å². The third kappa shape index (κ3) is 4.13. The molecule has 2 heterocycles. The molecule has 0 aromatic carbocycles. The van der Waals surface area contributed by atoms with Crippen LogP contribution in [0.25, 0.3) is 11.5 Å². The van der Waals surface area contributed by atoms with Crippen LogP contribution in [0.15, 0.2) is 24.5 Å². The van der Waals surface area contributed by atoms with Gasteiger partial charge in [0.2, 0.25) is 5.91 Å². The van der Waals surface area contributed by atoms with Gasteiger partial charge in [-0.1, -0.05) is 0 Å². The normalized spacial score (nSPS) is 13.4. The maximum atomic E-state index is 12.3. The number of carbonyl (C=O) groups is 1. The number of likely N-dealkylation sites (N-methyl/N-ethyl adjacent to an activating group) is 1. The van der Waals surface area contributed by atoms with Crippen molar-refractivity contribution in [1.82, 2.24) is 20.3 Å². The molecule has 0 aliphatic heterocycles. The number of fused-ring (bicyclic) bond motifs is 1. The molecule has 0 saturated heterocycles. The summed E-state index contributed by atoms with van der Waals surface area (Å²) in [6.45, 7) is 6.27. The summed E-state index contributed by atoms with van der Waals surface area (Å²) in [7, 11) is 1.95. The zero-order valence-corrected chi connectivity index (χ0v) is 15.3. The van der Waals surface area contributed by atoms with Crippen LogP contribution in [-0.2, 0) is 17.6 Å². The summed E-state index contributed by atoms with van der Waals surface area (Å²) in [5, 5.41) is 3.01. The molecule has 0 unspecified atom stereocenters. The van der Waals surface area contributed by atoms with Gasteiger partial charge in [-0.3, -0.25) is 4.79 Å². The highest BCUT2D eigenvalue weighted by atomic mass is 16.2. The van der Waals surface area contributed by atoms with E-state index in [2.05, 4.69) is 15.3 Å². The summed E-state index contributed by atoms with van der Waals surface area (Å²) in [4.78, 5) is 27.7. The van der Waals surface area contributed by atoms with Gasteiger partial charge in [-0.25, -0.2) is 15.0 Å². The third-order valence-corrected chi connectivity index (χ3v) is 4.13. The van der Waals surface area contributed by atoms with Crippen LogP contribution in [0.3, 0.4) is 0 Å². The van der Waals surface area contributed by atoms with Crippen molar-refractivity contribution in [3.63, 3.8) is 0 Å². The zero-order chi connectivity index (χ0) is 18.0. The predicted octanol–water partition coefficient (Wildman–Crippen LogP) is 2.38. The maximum absolute atomic E-state index is 12.3. The number of aromatic nitrogens is 3. The average molecular weight is 339 g/mol. The van der Waals surface area contributed by atoms with Crippen molar-refractivity contribution >= 4 is 11.6 Å². The quantitative estimate of drug-likeness (QED) is 0.926. The molecule has 25 heavy (non-hydrogen) atoms. The van der Waals surface area contributed by atoms with E-state index >= 15 is 0 Å². The van der Waals surface area contributed by atoms with E-state index in [-0.39, 0.29) is 11.4 Å². The van der Waals surface area contributed by atoms with Crippen LogP contribution >= 0.6 is 0 Å². The molecule has 1 aliphatic carbocycles. The molecule has 0 radical (unpaired) electrons. The number of hydrogen-bond acceptors (Lipinski definition) is 5. The lowest BCUT2D eigenvalue weighted by Crippen LogP contribution is -2.45. The first-order valence-electron chi connectivity index (χ1n) is 8.66. The number of anilines is 1. The molecule has 2 aromatic rings. The lowest BCUT2D eigenvalue weighted by Gasteiger charge is -2.26. The fraction of sp³-hybridized carbons (Fsp3) is 0.474. The Hall–Kier alpha value is -2.50. The first-order chi connectivity index (χ1) is 11.8. The Labute approximate surface area is 148 Å². The summed E-state index contributed by atoms with van der Waals surface area (Å²) in [6, 6.07) is 3.80. The highest BCUT2D eigenvalue weighted by Crippen LogP contribution is 2.32. The predicted molar refractivity (Wildman–Crippen MR) is 98.5 cm³/mol. The van der Waals surface area contributed by atoms with E-state index in [1.54, 1.807) is 18.5 Å². The molecule has 1 aliphatic rings. The summed E-state index contributed by atoms with van der Waals surface area (Å²) < 4.78 is 0. The molecule has 0 fully saturated rings. The summed E-state index contributed by atoms with van der Waals surface area (Å²) in [5.74, 6) is 0.627. The average Bonchev–Trinajstić information content (AvgIpc) is 3.01. The fourth-order valence-electron chi connectivity index (χ4n) is 3.17. The number of rotatable bonds is 4. The number of pyridine rings is 1. The van der Waals surface area contributed by atoms with Crippen molar-refractivity contribution in [1.29, 1.82) is 0 Å². The highest BCUT2D eigenvalue weighted by molar-refractivity contribution is 5.82. The van der Waals surface area contributed by atoms with E-state index in [1.165, 1.54) is 5.56 Å². The van der Waals surface area contributed by atoms with Crippen LogP contribution in [0.4, 0.5) is 5.69 Å². The molecule has 2 aromatic heterocycles. The van der Waals surface area contributed by atoms with Crippen LogP contribution in [0.2, 0.25) is 0 Å². The van der Waals surface area contributed by atoms with Gasteiger partial charge in [-0.2, -0.15) is 0 Å². The van der Waals surface area contributed by atoms with Gasteiger partial charge >= 0.3 is 0 Å². The van der Waals surface area contributed by atoms with E-state index in [1.807, 2.05) is 38.8 Å². The van der Waals surface area contributed by atoms with Crippen LogP contribution in [0.5, 0.6) is 0 Å². The number of carbonyl (C=O) groups excluding carboxylic acids is 1. The lowest BCUT2D eigenvalue weighted by atomic mass is 10.1. The Morgan fingerprint density at radius 3 is 2.64 bits per heavy atom. The fourth-order valence-corrected chi connectivity index (χ4v) is 3.17. The lowest BCUT2D eigenvalue weighted by molar-refractivity contribution is -0.121. The highest BCUT2D eigenvalue weighted by Gasteiger charge is 2.23. The van der Waals surface area contributed by atoms with Crippen LogP contribution in [0, 0.1) is 0 Å².